The summed E-state index contributed by atoms with van der Waals surface area (Å²) in [4.78, 5) is 12.4. The van der Waals surface area contributed by atoms with Gasteiger partial charge in [0.1, 0.15) is 5.78 Å². The van der Waals surface area contributed by atoms with Gasteiger partial charge in [-0.25, -0.2) is 0 Å². The van der Waals surface area contributed by atoms with Gasteiger partial charge in [-0.15, -0.1) is 0 Å². The van der Waals surface area contributed by atoms with Gasteiger partial charge in [-0.05, 0) is 17.5 Å². The Hall–Kier alpha value is -1.19. The fraction of sp³-hybridized carbons (Fsp3) is 0.500. The minimum absolute atomic E-state index is 0.0200. The van der Waals surface area contributed by atoms with Crippen LogP contribution in [0.1, 0.15) is 23.5 Å². The third-order valence-electron chi connectivity index (χ3n) is 3.77. The third-order valence-corrected chi connectivity index (χ3v) is 3.77. The molecule has 2 aliphatic rings. The lowest BCUT2D eigenvalue weighted by Gasteiger charge is -2.26. The van der Waals surface area contributed by atoms with Crippen LogP contribution in [0.5, 0.6) is 0 Å². The number of carbonyl (C=O) groups excluding carboxylic acids is 1. The van der Waals surface area contributed by atoms with Gasteiger partial charge in [-0.1, -0.05) is 24.3 Å². The van der Waals surface area contributed by atoms with Crippen molar-refractivity contribution in [3.8, 4) is 0 Å². The van der Waals surface area contributed by atoms with Crippen molar-refractivity contribution in [3.63, 3.8) is 0 Å². The van der Waals surface area contributed by atoms with Gasteiger partial charge < -0.3 is 10.1 Å². The second-order valence-electron chi connectivity index (χ2n) is 4.85. The number of carbonyl (C=O) groups is 1. The lowest BCUT2D eigenvalue weighted by Crippen LogP contribution is -2.35. The topological polar surface area (TPSA) is 38.3 Å². The van der Waals surface area contributed by atoms with Crippen molar-refractivity contribution in [1.29, 1.82) is 0 Å². The summed E-state index contributed by atoms with van der Waals surface area (Å²) in [7, 11) is 0. The highest BCUT2D eigenvalue weighted by atomic mass is 16.5. The molecule has 2 aliphatic heterocycles. The summed E-state index contributed by atoms with van der Waals surface area (Å²) in [6.07, 6.45) is 0.886. The minimum Gasteiger partial charge on any atom is -0.381 e. The van der Waals surface area contributed by atoms with Crippen molar-refractivity contribution < 1.29 is 9.53 Å². The fourth-order valence-corrected chi connectivity index (χ4v) is 2.79. The summed E-state index contributed by atoms with van der Waals surface area (Å²) < 4.78 is 5.32. The summed E-state index contributed by atoms with van der Waals surface area (Å²) in [6.45, 7) is 2.99. The van der Waals surface area contributed by atoms with Crippen LogP contribution in [0, 0.1) is 5.92 Å². The predicted octanol–water partition coefficient (Wildman–Crippen LogP) is 1.48. The van der Waals surface area contributed by atoms with E-state index in [1.807, 2.05) is 12.1 Å². The lowest BCUT2D eigenvalue weighted by atomic mass is 9.83. The zero-order chi connectivity index (χ0) is 11.7. The van der Waals surface area contributed by atoms with E-state index in [-0.39, 0.29) is 11.8 Å². The van der Waals surface area contributed by atoms with E-state index < -0.39 is 0 Å². The molecule has 1 saturated heterocycles. The molecule has 3 rings (SSSR count). The Bertz CT molecular complexity index is 424. The number of benzene rings is 1. The van der Waals surface area contributed by atoms with E-state index in [0.717, 1.165) is 26.1 Å². The molecule has 2 unspecified atom stereocenters. The molecule has 0 bridgehead atoms. The third kappa shape index (κ3) is 2.01. The first-order valence-electron chi connectivity index (χ1n) is 6.26. The number of ketones is 1. The standard InChI is InChI=1S/C14H17NO2/c16-14(11-5-6-17-9-11)13-8-15-7-10-3-1-2-4-12(10)13/h1-4,11,13,15H,5-9H2. The molecule has 1 aromatic carbocycles. The molecule has 2 heterocycles. The normalized spacial score (nSPS) is 27.8. The Morgan fingerprint density at radius 3 is 3.06 bits per heavy atom. The van der Waals surface area contributed by atoms with Gasteiger partial charge in [0, 0.05) is 25.6 Å². The van der Waals surface area contributed by atoms with Crippen molar-refractivity contribution in [2.75, 3.05) is 19.8 Å². The first-order chi connectivity index (χ1) is 8.36. The van der Waals surface area contributed by atoms with Gasteiger partial charge in [0.15, 0.2) is 0 Å². The van der Waals surface area contributed by atoms with Gasteiger partial charge >= 0.3 is 0 Å². The molecule has 2 atom stereocenters. The molecule has 1 fully saturated rings. The maximum atomic E-state index is 12.4. The van der Waals surface area contributed by atoms with Crippen molar-refractivity contribution >= 4 is 5.78 Å². The first kappa shape index (κ1) is 10.9. The summed E-state index contributed by atoms with van der Waals surface area (Å²) >= 11 is 0. The van der Waals surface area contributed by atoms with Crippen LogP contribution in [-0.2, 0) is 16.1 Å². The Labute approximate surface area is 101 Å². The summed E-state index contributed by atoms with van der Waals surface area (Å²) in [5.74, 6) is 0.474. The van der Waals surface area contributed by atoms with E-state index in [2.05, 4.69) is 17.4 Å². The van der Waals surface area contributed by atoms with E-state index in [1.54, 1.807) is 0 Å². The van der Waals surface area contributed by atoms with E-state index >= 15 is 0 Å². The molecular formula is C14H17NO2. The van der Waals surface area contributed by atoms with Crippen LogP contribution in [0.4, 0.5) is 0 Å². The summed E-state index contributed by atoms with van der Waals surface area (Å²) in [5.41, 5.74) is 2.47. The minimum atomic E-state index is 0.0200. The van der Waals surface area contributed by atoms with Crippen LogP contribution in [0.15, 0.2) is 24.3 Å². The number of nitrogens with one attached hydrogen (secondary N) is 1. The number of fused-ring (bicyclic) bond motifs is 1. The molecule has 0 amide bonds. The number of hydrogen-bond acceptors (Lipinski definition) is 3. The maximum absolute atomic E-state index is 12.4. The van der Waals surface area contributed by atoms with E-state index in [1.165, 1.54) is 11.1 Å². The van der Waals surface area contributed by atoms with Gasteiger partial charge in [0.2, 0.25) is 0 Å². The zero-order valence-corrected chi connectivity index (χ0v) is 9.82. The molecular weight excluding hydrogens is 214 g/mol. The van der Waals surface area contributed by atoms with Crippen LogP contribution < -0.4 is 5.32 Å². The van der Waals surface area contributed by atoms with Gasteiger partial charge in [0.25, 0.3) is 0 Å². The number of ether oxygens (including phenoxy) is 1. The summed E-state index contributed by atoms with van der Waals surface area (Å²) in [6, 6.07) is 8.25. The number of rotatable bonds is 2. The average molecular weight is 231 g/mol. The van der Waals surface area contributed by atoms with Gasteiger partial charge in [0.05, 0.1) is 12.5 Å². The van der Waals surface area contributed by atoms with Crippen molar-refractivity contribution in [3.05, 3.63) is 35.4 Å². The molecule has 0 aromatic heterocycles. The van der Waals surface area contributed by atoms with Crippen molar-refractivity contribution in [2.24, 2.45) is 5.92 Å². The van der Waals surface area contributed by atoms with Crippen LogP contribution >= 0.6 is 0 Å². The molecule has 3 nitrogen and oxygen atoms in total. The van der Waals surface area contributed by atoms with E-state index in [9.17, 15) is 4.79 Å². The van der Waals surface area contributed by atoms with Crippen LogP contribution in [0.25, 0.3) is 0 Å². The first-order valence-corrected chi connectivity index (χ1v) is 6.26. The monoisotopic (exact) mass is 231 g/mol. The zero-order valence-electron chi connectivity index (χ0n) is 9.82. The second kappa shape index (κ2) is 4.59. The Morgan fingerprint density at radius 1 is 1.35 bits per heavy atom. The van der Waals surface area contributed by atoms with Crippen molar-refractivity contribution in [2.45, 2.75) is 18.9 Å². The Morgan fingerprint density at radius 2 is 2.24 bits per heavy atom. The molecule has 0 spiro atoms. The quantitative estimate of drug-likeness (QED) is 0.838. The predicted molar refractivity (Wildman–Crippen MR) is 64.8 cm³/mol. The average Bonchev–Trinajstić information content (AvgIpc) is 2.91. The van der Waals surface area contributed by atoms with Gasteiger partial charge in [-0.2, -0.15) is 0 Å². The van der Waals surface area contributed by atoms with Crippen molar-refractivity contribution in [1.82, 2.24) is 5.32 Å². The highest BCUT2D eigenvalue weighted by molar-refractivity contribution is 5.89. The van der Waals surface area contributed by atoms with Crippen LogP contribution in [0.2, 0.25) is 0 Å². The molecule has 3 heteroatoms. The molecule has 0 saturated carbocycles. The highest BCUT2D eigenvalue weighted by Crippen LogP contribution is 2.29. The lowest BCUT2D eigenvalue weighted by molar-refractivity contribution is -0.124. The highest BCUT2D eigenvalue weighted by Gasteiger charge is 2.33. The number of Topliss-reactive ketones (excluding diaryl/α,β-unsaturated/α-hetero) is 1. The van der Waals surface area contributed by atoms with E-state index in [4.69, 9.17) is 4.74 Å². The Balaban J connectivity index is 1.86. The molecule has 0 radical (unpaired) electrons. The summed E-state index contributed by atoms with van der Waals surface area (Å²) in [5, 5.41) is 3.33. The number of hydrogen-bond donors (Lipinski definition) is 1. The Kier molecular flexibility index (Phi) is 2.95. The largest absolute Gasteiger partial charge is 0.381 e. The van der Waals surface area contributed by atoms with Gasteiger partial charge in [-0.3, -0.25) is 4.79 Å². The fourth-order valence-electron chi connectivity index (χ4n) is 2.79. The van der Waals surface area contributed by atoms with Crippen LogP contribution in [-0.4, -0.2) is 25.5 Å². The molecule has 17 heavy (non-hydrogen) atoms. The molecule has 0 aliphatic carbocycles. The van der Waals surface area contributed by atoms with E-state index in [0.29, 0.717) is 12.4 Å². The smallest absolute Gasteiger partial charge is 0.147 e. The molecule has 1 N–H and O–H groups in total. The molecule has 1 aromatic rings. The SMILES string of the molecule is O=C(C1CCOC1)C1CNCc2ccccc21. The molecule has 90 valence electrons. The second-order valence-corrected chi connectivity index (χ2v) is 4.85. The van der Waals surface area contributed by atoms with Crippen LogP contribution in [0.3, 0.4) is 0 Å². The maximum Gasteiger partial charge on any atom is 0.147 e.